The molecule has 1 amide bonds. The average molecular weight is 504 g/mol. The van der Waals surface area contributed by atoms with Gasteiger partial charge in [-0.15, -0.1) is 18.3 Å². The number of amides is 1. The molecule has 3 aromatic rings. The van der Waals surface area contributed by atoms with Crippen LogP contribution >= 0.6 is 0 Å². The summed E-state index contributed by atoms with van der Waals surface area (Å²) >= 11 is 0. The lowest BCUT2D eigenvalue weighted by atomic mass is 10.0. The fraction of sp³-hybridized carbons (Fsp3) is 0.381. The molecule has 4 heterocycles. The number of rotatable bonds is 7. The van der Waals surface area contributed by atoms with E-state index < -0.39 is 6.36 Å². The Kier molecular flexibility index (Phi) is 6.67. The third kappa shape index (κ3) is 5.87. The minimum atomic E-state index is -4.75. The number of aromatic nitrogens is 5. The zero-order valence-corrected chi connectivity index (χ0v) is 18.9. The highest BCUT2D eigenvalue weighted by Gasteiger charge is 2.34. The Hall–Kier alpha value is -3.82. The summed E-state index contributed by atoms with van der Waals surface area (Å²) in [5.74, 6) is -0.0520. The van der Waals surface area contributed by atoms with Gasteiger partial charge >= 0.3 is 6.36 Å². The third-order valence-corrected chi connectivity index (χ3v) is 5.85. The lowest BCUT2D eigenvalue weighted by Crippen LogP contribution is -2.53. The lowest BCUT2D eigenvalue weighted by Gasteiger charge is -2.33. The quantitative estimate of drug-likeness (QED) is 0.367. The number of nitrogens with zero attached hydrogens (tertiary/aromatic N) is 6. The topological polar surface area (TPSA) is 134 Å². The third-order valence-electron chi connectivity index (χ3n) is 5.85. The minimum absolute atomic E-state index is 0.0425. The van der Waals surface area contributed by atoms with Crippen LogP contribution in [0.15, 0.2) is 42.9 Å². The van der Waals surface area contributed by atoms with E-state index in [0.29, 0.717) is 36.0 Å². The second-order valence-electron chi connectivity index (χ2n) is 8.40. The average Bonchev–Trinajstić information content (AvgIpc) is 3.51. The predicted molar refractivity (Wildman–Crippen MR) is 120 cm³/mol. The number of halogens is 3. The highest BCUT2D eigenvalue weighted by Crippen LogP contribution is 2.23. The normalized spacial score (nSPS) is 19.7. The number of hydrogen-bond acceptors (Lipinski definition) is 10. The molecule has 0 spiro atoms. The fourth-order valence-corrected chi connectivity index (χ4v) is 4.06. The van der Waals surface area contributed by atoms with Gasteiger partial charge in [-0.3, -0.25) is 4.79 Å². The number of anilines is 1. The van der Waals surface area contributed by atoms with E-state index in [0.717, 1.165) is 6.42 Å². The van der Waals surface area contributed by atoms with Crippen molar-refractivity contribution in [3.05, 3.63) is 48.4 Å². The Morgan fingerprint density at radius 3 is 2.81 bits per heavy atom. The molecule has 2 aliphatic rings. The summed E-state index contributed by atoms with van der Waals surface area (Å²) in [7, 11) is 0. The highest BCUT2D eigenvalue weighted by molar-refractivity contribution is 5.76. The Morgan fingerprint density at radius 2 is 2.00 bits per heavy atom. The second-order valence-corrected chi connectivity index (χ2v) is 8.40. The molecule has 12 nitrogen and oxygen atoms in total. The zero-order chi connectivity index (χ0) is 25.1. The Labute approximate surface area is 203 Å². The molecule has 190 valence electrons. The lowest BCUT2D eigenvalue weighted by molar-refractivity contribution is -0.274. The Morgan fingerprint density at radius 1 is 1.19 bits per heavy atom. The number of likely N-dealkylation sites (tertiary alicyclic amines) is 1. The molecular weight excluding hydrogens is 481 g/mol. The maximum absolute atomic E-state index is 12.7. The molecule has 0 saturated carbocycles. The molecule has 15 heteroatoms. The number of hydrogen-bond donors (Lipinski definition) is 4. The van der Waals surface area contributed by atoms with E-state index in [2.05, 4.69) is 46.7 Å². The predicted octanol–water partition coefficient (Wildman–Crippen LogP) is 0.828. The molecule has 2 aliphatic heterocycles. The molecule has 2 fully saturated rings. The van der Waals surface area contributed by atoms with Crippen LogP contribution < -0.4 is 26.4 Å². The summed E-state index contributed by atoms with van der Waals surface area (Å²) in [6.45, 7) is 1.54. The second kappa shape index (κ2) is 10.0. The minimum Gasteiger partial charge on any atom is -0.406 e. The maximum atomic E-state index is 12.7. The Bertz CT molecular complexity index is 1200. The molecule has 1 aromatic carbocycles. The van der Waals surface area contributed by atoms with Crippen molar-refractivity contribution in [1.29, 1.82) is 0 Å². The van der Waals surface area contributed by atoms with Gasteiger partial charge in [-0.1, -0.05) is 17.3 Å². The number of ether oxygens (including phenoxy) is 1. The first-order valence-corrected chi connectivity index (χ1v) is 11.2. The molecular formula is C21H23F3N10O2. The van der Waals surface area contributed by atoms with Crippen molar-refractivity contribution in [2.75, 3.05) is 18.4 Å². The maximum Gasteiger partial charge on any atom is 0.573 e. The summed E-state index contributed by atoms with van der Waals surface area (Å²) < 4.78 is 42.6. The van der Waals surface area contributed by atoms with Gasteiger partial charge in [0.1, 0.15) is 18.0 Å². The molecule has 2 atom stereocenters. The molecule has 0 radical (unpaired) electrons. The van der Waals surface area contributed by atoms with Crippen LogP contribution in [0.4, 0.5) is 19.1 Å². The molecule has 2 unspecified atom stereocenters. The van der Waals surface area contributed by atoms with Crippen LogP contribution in [-0.2, 0) is 17.9 Å². The monoisotopic (exact) mass is 504 g/mol. The zero-order valence-electron chi connectivity index (χ0n) is 18.9. The summed E-state index contributed by atoms with van der Waals surface area (Å²) in [6.07, 6.45) is 0.846. The van der Waals surface area contributed by atoms with E-state index in [1.165, 1.54) is 22.9 Å². The van der Waals surface area contributed by atoms with E-state index in [9.17, 15) is 18.0 Å². The molecule has 36 heavy (non-hydrogen) atoms. The molecule has 5 rings (SSSR count). The molecule has 4 N–H and O–H groups in total. The van der Waals surface area contributed by atoms with Crippen molar-refractivity contribution >= 4 is 11.9 Å². The number of carbonyl (C=O) groups is 1. The standard InChI is InChI=1S/C21H23F3N10O2/c22-21(23,24)36-15-3-1-2-13(6-15)7-25-20-26-8-14(9-27-20)17-11-34(32-30-17)12-19(35)33-5-4-16-18(10-33)29-31-28-16/h1-3,6,8-9,11,16,18,28-29,31H,4-5,7,10,12H2,(H,25,26,27). The van der Waals surface area contributed by atoms with Crippen LogP contribution in [0.5, 0.6) is 5.75 Å². The number of hydrazine groups is 2. The summed E-state index contributed by atoms with van der Waals surface area (Å²) in [5, 5.41) is 11.1. The highest BCUT2D eigenvalue weighted by atomic mass is 19.4. The van der Waals surface area contributed by atoms with E-state index >= 15 is 0 Å². The van der Waals surface area contributed by atoms with Gasteiger partial charge in [0, 0.05) is 43.6 Å². The smallest absolute Gasteiger partial charge is 0.406 e. The number of piperidine rings is 1. The molecule has 2 saturated heterocycles. The molecule has 0 aliphatic carbocycles. The van der Waals surface area contributed by atoms with Crippen molar-refractivity contribution in [2.24, 2.45) is 0 Å². The van der Waals surface area contributed by atoms with Gasteiger partial charge in [-0.05, 0) is 24.1 Å². The van der Waals surface area contributed by atoms with Gasteiger partial charge in [0.15, 0.2) is 0 Å². The van der Waals surface area contributed by atoms with Crippen LogP contribution in [-0.4, -0.2) is 67.3 Å². The van der Waals surface area contributed by atoms with Crippen LogP contribution in [0.25, 0.3) is 11.3 Å². The van der Waals surface area contributed by atoms with E-state index in [4.69, 9.17) is 0 Å². The van der Waals surface area contributed by atoms with Gasteiger partial charge < -0.3 is 15.0 Å². The van der Waals surface area contributed by atoms with Gasteiger partial charge in [-0.2, -0.15) is 5.53 Å². The summed E-state index contributed by atoms with van der Waals surface area (Å²) in [4.78, 5) is 22.9. The van der Waals surface area contributed by atoms with Crippen molar-refractivity contribution in [2.45, 2.75) is 38.0 Å². The van der Waals surface area contributed by atoms with Crippen LogP contribution in [0.3, 0.4) is 0 Å². The number of fused-ring (bicyclic) bond motifs is 1. The van der Waals surface area contributed by atoms with Crippen molar-refractivity contribution < 1.29 is 22.7 Å². The number of carbonyl (C=O) groups excluding carboxylic acids is 1. The first-order valence-electron chi connectivity index (χ1n) is 11.2. The van der Waals surface area contributed by atoms with Gasteiger partial charge in [-0.25, -0.2) is 25.5 Å². The van der Waals surface area contributed by atoms with E-state index in [1.54, 1.807) is 29.6 Å². The number of benzene rings is 1. The van der Waals surface area contributed by atoms with E-state index in [-0.39, 0.29) is 36.7 Å². The first-order chi connectivity index (χ1) is 17.3. The summed E-state index contributed by atoms with van der Waals surface area (Å²) in [5.41, 5.74) is 10.8. The van der Waals surface area contributed by atoms with Crippen molar-refractivity contribution in [3.63, 3.8) is 0 Å². The summed E-state index contributed by atoms with van der Waals surface area (Å²) in [6, 6.07) is 6.11. The molecule has 2 aromatic heterocycles. The Balaban J connectivity index is 1.14. The van der Waals surface area contributed by atoms with Gasteiger partial charge in [0.05, 0.1) is 12.2 Å². The van der Waals surface area contributed by atoms with Gasteiger partial charge in [0.2, 0.25) is 11.9 Å². The number of nitrogens with one attached hydrogen (secondary N) is 4. The first kappa shape index (κ1) is 23.9. The van der Waals surface area contributed by atoms with Crippen molar-refractivity contribution in [1.82, 2.24) is 46.2 Å². The van der Waals surface area contributed by atoms with Crippen LogP contribution in [0.2, 0.25) is 0 Å². The largest absolute Gasteiger partial charge is 0.573 e. The van der Waals surface area contributed by atoms with Crippen LogP contribution in [0, 0.1) is 0 Å². The number of alkyl halides is 3. The molecule has 0 bridgehead atoms. The fourth-order valence-electron chi connectivity index (χ4n) is 4.06. The SMILES string of the molecule is O=C(Cn1cc(-c2cnc(NCc3cccc(OC(F)(F)F)c3)nc2)nn1)N1CCC2NNNC2C1. The van der Waals surface area contributed by atoms with Gasteiger partial charge in [0.25, 0.3) is 0 Å². The van der Waals surface area contributed by atoms with E-state index in [1.807, 2.05) is 0 Å². The van der Waals surface area contributed by atoms with Crippen LogP contribution in [0.1, 0.15) is 12.0 Å². The van der Waals surface area contributed by atoms with Crippen molar-refractivity contribution in [3.8, 4) is 17.0 Å².